The highest BCUT2D eigenvalue weighted by molar-refractivity contribution is 5.80. The maximum absolute atomic E-state index is 12.0. The molecule has 0 aliphatic rings. The topological polar surface area (TPSA) is 67.2 Å². The van der Waals surface area contributed by atoms with Gasteiger partial charge < -0.3 is 9.67 Å². The molecule has 0 aliphatic carbocycles. The molecule has 0 radical (unpaired) electrons. The standard InChI is InChI=1S/C16H21N3O2/c1-3-7-14-18-10-11-19(14)12-16(17-2,15(20)21)13-8-5-4-6-9-13/h4-6,8-11,17H,3,7,12H2,1-2H3,(H,20,21). The number of carboxylic acid groups (broad SMARTS) is 1. The fourth-order valence-corrected chi connectivity index (χ4v) is 2.53. The van der Waals surface area contributed by atoms with Crippen molar-refractivity contribution in [3.05, 3.63) is 54.1 Å². The van der Waals surface area contributed by atoms with Crippen molar-refractivity contribution in [1.29, 1.82) is 0 Å². The van der Waals surface area contributed by atoms with E-state index in [1.807, 2.05) is 41.1 Å². The molecule has 1 atom stereocenters. The second-order valence-corrected chi connectivity index (χ2v) is 5.05. The molecule has 0 amide bonds. The van der Waals surface area contributed by atoms with E-state index >= 15 is 0 Å². The van der Waals surface area contributed by atoms with Gasteiger partial charge in [-0.3, -0.25) is 5.32 Å². The Balaban J connectivity index is 2.42. The molecule has 2 rings (SSSR count). The lowest BCUT2D eigenvalue weighted by molar-refractivity contribution is -0.145. The Morgan fingerprint density at radius 1 is 1.38 bits per heavy atom. The van der Waals surface area contributed by atoms with Crippen LogP contribution in [-0.2, 0) is 23.3 Å². The molecule has 0 fully saturated rings. The van der Waals surface area contributed by atoms with Crippen molar-refractivity contribution < 1.29 is 9.90 Å². The first-order chi connectivity index (χ1) is 10.1. The number of benzene rings is 1. The minimum atomic E-state index is -1.16. The number of hydrogen-bond acceptors (Lipinski definition) is 3. The molecular weight excluding hydrogens is 266 g/mol. The fourth-order valence-electron chi connectivity index (χ4n) is 2.53. The van der Waals surface area contributed by atoms with Gasteiger partial charge in [-0.15, -0.1) is 0 Å². The lowest BCUT2D eigenvalue weighted by Gasteiger charge is -2.30. The molecule has 0 saturated heterocycles. The van der Waals surface area contributed by atoms with Crippen LogP contribution in [0.3, 0.4) is 0 Å². The smallest absolute Gasteiger partial charge is 0.330 e. The summed E-state index contributed by atoms with van der Waals surface area (Å²) in [5.74, 6) is 0.0154. The van der Waals surface area contributed by atoms with E-state index in [0.717, 1.165) is 24.2 Å². The van der Waals surface area contributed by atoms with Crippen molar-refractivity contribution in [3.63, 3.8) is 0 Å². The Hall–Kier alpha value is -2.14. The monoisotopic (exact) mass is 287 g/mol. The maximum atomic E-state index is 12.0. The highest BCUT2D eigenvalue weighted by Crippen LogP contribution is 2.24. The zero-order valence-electron chi connectivity index (χ0n) is 12.4. The average molecular weight is 287 g/mol. The van der Waals surface area contributed by atoms with Gasteiger partial charge in [-0.1, -0.05) is 37.3 Å². The molecule has 5 heteroatoms. The quantitative estimate of drug-likeness (QED) is 0.817. The number of imidazole rings is 1. The van der Waals surface area contributed by atoms with E-state index in [2.05, 4.69) is 17.2 Å². The highest BCUT2D eigenvalue weighted by Gasteiger charge is 2.39. The van der Waals surface area contributed by atoms with Gasteiger partial charge in [-0.2, -0.15) is 0 Å². The molecule has 21 heavy (non-hydrogen) atoms. The Labute approximate surface area is 124 Å². The molecular formula is C16H21N3O2. The van der Waals surface area contributed by atoms with Crippen LogP contribution in [-0.4, -0.2) is 27.7 Å². The minimum absolute atomic E-state index is 0.304. The number of carbonyl (C=O) groups is 1. The molecule has 1 aromatic heterocycles. The third kappa shape index (κ3) is 2.97. The Kier molecular flexibility index (Phi) is 4.75. The van der Waals surface area contributed by atoms with Gasteiger partial charge in [-0.05, 0) is 19.0 Å². The Bertz CT molecular complexity index is 595. The number of aliphatic carboxylic acids is 1. The molecule has 1 unspecified atom stereocenters. The van der Waals surface area contributed by atoms with Crippen LogP contribution in [0.25, 0.3) is 0 Å². The summed E-state index contributed by atoms with van der Waals surface area (Å²) in [5, 5.41) is 12.8. The van der Waals surface area contributed by atoms with Crippen molar-refractivity contribution in [3.8, 4) is 0 Å². The number of rotatable bonds is 7. The number of hydrogen-bond donors (Lipinski definition) is 2. The van der Waals surface area contributed by atoms with Gasteiger partial charge in [0.05, 0.1) is 6.54 Å². The summed E-state index contributed by atoms with van der Waals surface area (Å²) in [6, 6.07) is 9.25. The summed E-state index contributed by atoms with van der Waals surface area (Å²) in [4.78, 5) is 16.3. The first kappa shape index (κ1) is 15.3. The van der Waals surface area contributed by atoms with Crippen molar-refractivity contribution in [1.82, 2.24) is 14.9 Å². The van der Waals surface area contributed by atoms with Crippen molar-refractivity contribution in [2.24, 2.45) is 0 Å². The summed E-state index contributed by atoms with van der Waals surface area (Å²) in [6.45, 7) is 2.39. The highest BCUT2D eigenvalue weighted by atomic mass is 16.4. The van der Waals surface area contributed by atoms with Gasteiger partial charge >= 0.3 is 5.97 Å². The second-order valence-electron chi connectivity index (χ2n) is 5.05. The largest absolute Gasteiger partial charge is 0.480 e. The molecule has 0 spiro atoms. The summed E-state index contributed by atoms with van der Waals surface area (Å²) in [7, 11) is 1.68. The number of carboxylic acids is 1. The van der Waals surface area contributed by atoms with Crippen LogP contribution in [0.1, 0.15) is 24.7 Å². The van der Waals surface area contributed by atoms with Crippen LogP contribution in [0.5, 0.6) is 0 Å². The number of aryl methyl sites for hydroxylation is 1. The third-order valence-corrected chi connectivity index (χ3v) is 3.74. The minimum Gasteiger partial charge on any atom is -0.480 e. The number of nitrogens with one attached hydrogen (secondary N) is 1. The summed E-state index contributed by atoms with van der Waals surface area (Å²) in [5.41, 5.74) is -0.430. The average Bonchev–Trinajstić information content (AvgIpc) is 2.93. The number of aromatic nitrogens is 2. The molecule has 0 aliphatic heterocycles. The molecule has 5 nitrogen and oxygen atoms in total. The van der Waals surface area contributed by atoms with E-state index in [1.54, 1.807) is 13.2 Å². The summed E-state index contributed by atoms with van der Waals surface area (Å²) in [6.07, 6.45) is 5.37. The van der Waals surface area contributed by atoms with Crippen LogP contribution < -0.4 is 5.32 Å². The van der Waals surface area contributed by atoms with Gasteiger partial charge in [0.25, 0.3) is 0 Å². The van der Waals surface area contributed by atoms with Gasteiger partial charge in [0, 0.05) is 18.8 Å². The maximum Gasteiger partial charge on any atom is 0.330 e. The molecule has 0 bridgehead atoms. The Morgan fingerprint density at radius 3 is 2.67 bits per heavy atom. The van der Waals surface area contributed by atoms with Gasteiger partial charge in [0.15, 0.2) is 5.54 Å². The summed E-state index contributed by atoms with van der Waals surface area (Å²) >= 11 is 0. The predicted octanol–water partition coefficient (Wildman–Crippen LogP) is 2.04. The SMILES string of the molecule is CCCc1nccn1CC(NC)(C(=O)O)c1ccccc1. The van der Waals surface area contributed by atoms with Crippen LogP contribution in [0.15, 0.2) is 42.7 Å². The van der Waals surface area contributed by atoms with Gasteiger partial charge in [0.1, 0.15) is 5.82 Å². The lowest BCUT2D eigenvalue weighted by atomic mass is 9.89. The first-order valence-electron chi connectivity index (χ1n) is 7.12. The third-order valence-electron chi connectivity index (χ3n) is 3.74. The van der Waals surface area contributed by atoms with E-state index in [4.69, 9.17) is 0 Å². The van der Waals surface area contributed by atoms with Crippen LogP contribution in [0, 0.1) is 0 Å². The van der Waals surface area contributed by atoms with Crippen LogP contribution >= 0.6 is 0 Å². The van der Waals surface area contributed by atoms with E-state index < -0.39 is 11.5 Å². The zero-order chi connectivity index (χ0) is 15.3. The van der Waals surface area contributed by atoms with Crippen molar-refractivity contribution >= 4 is 5.97 Å². The van der Waals surface area contributed by atoms with E-state index in [0.29, 0.717) is 6.54 Å². The number of likely N-dealkylation sites (N-methyl/N-ethyl adjacent to an activating group) is 1. The van der Waals surface area contributed by atoms with Crippen molar-refractivity contribution in [2.45, 2.75) is 31.8 Å². The molecule has 1 aromatic carbocycles. The van der Waals surface area contributed by atoms with Crippen LogP contribution in [0.4, 0.5) is 0 Å². The first-order valence-corrected chi connectivity index (χ1v) is 7.12. The molecule has 2 N–H and O–H groups in total. The fraction of sp³-hybridized carbons (Fsp3) is 0.375. The predicted molar refractivity (Wildman–Crippen MR) is 81.0 cm³/mol. The van der Waals surface area contributed by atoms with Gasteiger partial charge in [-0.25, -0.2) is 9.78 Å². The zero-order valence-corrected chi connectivity index (χ0v) is 12.4. The molecule has 112 valence electrons. The molecule has 1 heterocycles. The Morgan fingerprint density at radius 2 is 2.10 bits per heavy atom. The molecule has 2 aromatic rings. The van der Waals surface area contributed by atoms with Crippen molar-refractivity contribution in [2.75, 3.05) is 7.05 Å². The van der Waals surface area contributed by atoms with E-state index in [1.165, 1.54) is 0 Å². The lowest BCUT2D eigenvalue weighted by Crippen LogP contribution is -2.50. The number of nitrogens with zero attached hydrogens (tertiary/aromatic N) is 2. The van der Waals surface area contributed by atoms with Gasteiger partial charge in [0.2, 0.25) is 0 Å². The second kappa shape index (κ2) is 6.54. The van der Waals surface area contributed by atoms with Crippen LogP contribution in [0.2, 0.25) is 0 Å². The summed E-state index contributed by atoms with van der Waals surface area (Å²) < 4.78 is 1.92. The van der Waals surface area contributed by atoms with E-state index in [-0.39, 0.29) is 0 Å². The normalized spacial score (nSPS) is 13.8. The molecule has 0 saturated carbocycles. The van der Waals surface area contributed by atoms with E-state index in [9.17, 15) is 9.90 Å².